The first-order valence-electron chi connectivity index (χ1n) is 5.51. The number of hydrogen-bond donors (Lipinski definition) is 3. The third-order valence-corrected chi connectivity index (χ3v) is 3.86. The fourth-order valence-electron chi connectivity index (χ4n) is 1.39. The van der Waals surface area contributed by atoms with E-state index in [1.165, 1.54) is 25.3 Å². The van der Waals surface area contributed by atoms with Gasteiger partial charge in [-0.05, 0) is 18.2 Å². The Balaban J connectivity index is 2.94. The summed E-state index contributed by atoms with van der Waals surface area (Å²) >= 11 is 0. The average molecular weight is 304 g/mol. The fraction of sp³-hybridized carbons (Fsp3) is 0.364. The highest BCUT2D eigenvalue weighted by molar-refractivity contribution is 7.89. The maximum Gasteiger partial charge on any atom is 0.336 e. The predicted octanol–water partition coefficient (Wildman–Crippen LogP) is -0.910. The summed E-state index contributed by atoms with van der Waals surface area (Å²) in [6, 6.07) is 4.10. The van der Waals surface area contributed by atoms with Crippen LogP contribution in [0.3, 0.4) is 0 Å². The monoisotopic (exact) mass is 304 g/mol. The Hall–Kier alpha value is -1.84. The van der Waals surface area contributed by atoms with Crippen molar-refractivity contribution in [1.29, 1.82) is 0 Å². The van der Waals surface area contributed by atoms with E-state index < -0.39 is 28.6 Å². The molecule has 1 atom stereocenters. The molecular formula is C11H16N2O6S. The van der Waals surface area contributed by atoms with Crippen LogP contribution in [0.25, 0.3) is 0 Å². The molecule has 0 saturated heterocycles. The number of nitrogens with one attached hydrogen (secondary N) is 1. The van der Waals surface area contributed by atoms with Crippen molar-refractivity contribution in [2.75, 3.05) is 26.5 Å². The van der Waals surface area contributed by atoms with Crippen molar-refractivity contribution >= 4 is 21.7 Å². The summed E-state index contributed by atoms with van der Waals surface area (Å²) in [6.45, 7) is -0.521. The quantitative estimate of drug-likeness (QED) is 0.458. The minimum atomic E-state index is -3.99. The lowest BCUT2D eigenvalue weighted by atomic mass is 10.3. The molecule has 1 unspecified atom stereocenters. The van der Waals surface area contributed by atoms with E-state index in [0.717, 1.165) is 7.11 Å². The van der Waals surface area contributed by atoms with Crippen molar-refractivity contribution in [2.24, 2.45) is 0 Å². The molecule has 0 spiro atoms. The molecule has 0 radical (unpaired) electrons. The highest BCUT2D eigenvalue weighted by Gasteiger charge is 2.23. The topological polar surface area (TPSA) is 128 Å². The summed E-state index contributed by atoms with van der Waals surface area (Å²) in [5.41, 5.74) is 5.77. The Bertz CT molecular complexity index is 587. The fourth-order valence-corrected chi connectivity index (χ4v) is 2.63. The number of methoxy groups -OCH3 is 2. The van der Waals surface area contributed by atoms with Crippen LogP contribution < -0.4 is 15.2 Å². The molecule has 0 aliphatic heterocycles. The van der Waals surface area contributed by atoms with Crippen molar-refractivity contribution in [3.05, 3.63) is 18.2 Å². The molecule has 0 bridgehead atoms. The average Bonchev–Trinajstić information content (AvgIpc) is 2.43. The van der Waals surface area contributed by atoms with Gasteiger partial charge in [-0.1, -0.05) is 0 Å². The Morgan fingerprint density at radius 3 is 2.65 bits per heavy atom. The van der Waals surface area contributed by atoms with Gasteiger partial charge in [0.2, 0.25) is 10.0 Å². The molecule has 4 N–H and O–H groups in total. The smallest absolute Gasteiger partial charge is 0.336 e. The molecule has 0 aromatic heterocycles. The van der Waals surface area contributed by atoms with Crippen LogP contribution in [-0.4, -0.2) is 46.4 Å². The molecule has 0 amide bonds. The Morgan fingerprint density at radius 2 is 2.10 bits per heavy atom. The maximum absolute atomic E-state index is 12.1. The van der Waals surface area contributed by atoms with Crippen molar-refractivity contribution in [1.82, 2.24) is 4.72 Å². The summed E-state index contributed by atoms with van der Waals surface area (Å²) in [6.07, 6.45) is -1.60. The third-order valence-electron chi connectivity index (χ3n) is 2.42. The highest BCUT2D eigenvalue weighted by atomic mass is 32.2. The number of esters is 1. The minimum Gasteiger partial charge on any atom is -0.495 e. The highest BCUT2D eigenvalue weighted by Crippen LogP contribution is 2.25. The predicted molar refractivity (Wildman–Crippen MR) is 70.6 cm³/mol. The molecule has 112 valence electrons. The lowest BCUT2D eigenvalue weighted by molar-refractivity contribution is -0.149. The number of aliphatic hydroxyl groups is 1. The van der Waals surface area contributed by atoms with E-state index in [4.69, 9.17) is 10.5 Å². The molecule has 1 rings (SSSR count). The molecule has 0 saturated carbocycles. The summed E-state index contributed by atoms with van der Waals surface area (Å²) in [5.74, 6) is -0.841. The first-order valence-corrected chi connectivity index (χ1v) is 6.99. The van der Waals surface area contributed by atoms with Gasteiger partial charge in [0.15, 0.2) is 6.10 Å². The Labute approximate surface area is 116 Å². The number of nitrogen functional groups attached to an aromatic ring is 1. The van der Waals surface area contributed by atoms with Crippen molar-refractivity contribution in [3.8, 4) is 5.75 Å². The molecule has 20 heavy (non-hydrogen) atoms. The van der Waals surface area contributed by atoms with E-state index in [2.05, 4.69) is 9.46 Å². The number of ether oxygens (including phenoxy) is 2. The van der Waals surface area contributed by atoms with Gasteiger partial charge in [0.05, 0.1) is 14.2 Å². The van der Waals surface area contributed by atoms with E-state index in [0.29, 0.717) is 0 Å². The molecule has 1 aromatic rings. The van der Waals surface area contributed by atoms with Gasteiger partial charge in [-0.15, -0.1) is 0 Å². The number of carbonyl (C=O) groups is 1. The molecule has 0 aliphatic rings. The van der Waals surface area contributed by atoms with Crippen LogP contribution in [0.5, 0.6) is 5.75 Å². The normalized spacial score (nSPS) is 12.8. The third kappa shape index (κ3) is 3.83. The van der Waals surface area contributed by atoms with E-state index >= 15 is 0 Å². The van der Waals surface area contributed by atoms with Gasteiger partial charge in [-0.2, -0.15) is 0 Å². The van der Waals surface area contributed by atoms with E-state index in [1.54, 1.807) is 0 Å². The lowest BCUT2D eigenvalue weighted by Crippen LogP contribution is -2.37. The molecule has 0 fully saturated rings. The van der Waals surface area contributed by atoms with E-state index in [9.17, 15) is 18.3 Å². The summed E-state index contributed by atoms with van der Waals surface area (Å²) in [4.78, 5) is 10.8. The number of benzene rings is 1. The van der Waals surface area contributed by atoms with Crippen LogP contribution in [0.1, 0.15) is 0 Å². The number of rotatable bonds is 6. The van der Waals surface area contributed by atoms with Gasteiger partial charge in [0, 0.05) is 12.2 Å². The second-order valence-corrected chi connectivity index (χ2v) is 5.54. The molecular weight excluding hydrogens is 288 g/mol. The summed E-state index contributed by atoms with van der Waals surface area (Å²) in [7, 11) is -1.59. The van der Waals surface area contributed by atoms with Gasteiger partial charge in [0.25, 0.3) is 0 Å². The van der Waals surface area contributed by atoms with Crippen molar-refractivity contribution in [3.63, 3.8) is 0 Å². The zero-order valence-electron chi connectivity index (χ0n) is 11.0. The molecule has 1 aromatic carbocycles. The largest absolute Gasteiger partial charge is 0.495 e. The Kier molecular flexibility index (Phi) is 5.31. The summed E-state index contributed by atoms with van der Waals surface area (Å²) in [5, 5.41) is 9.35. The Morgan fingerprint density at radius 1 is 1.45 bits per heavy atom. The minimum absolute atomic E-state index is 0.0965. The maximum atomic E-state index is 12.1. The number of anilines is 1. The zero-order valence-corrected chi connectivity index (χ0v) is 11.8. The number of hydrogen-bond acceptors (Lipinski definition) is 7. The second kappa shape index (κ2) is 6.55. The first kappa shape index (κ1) is 16.2. The van der Waals surface area contributed by atoms with Crippen LogP contribution in [-0.2, 0) is 19.6 Å². The van der Waals surface area contributed by atoms with Crippen LogP contribution in [0.4, 0.5) is 5.69 Å². The van der Waals surface area contributed by atoms with E-state index in [-0.39, 0.29) is 16.3 Å². The number of carbonyl (C=O) groups excluding carboxylic acids is 1. The lowest BCUT2D eigenvalue weighted by Gasteiger charge is -2.13. The number of aliphatic hydroxyl groups excluding tert-OH is 1. The van der Waals surface area contributed by atoms with Crippen molar-refractivity contribution in [2.45, 2.75) is 11.0 Å². The van der Waals surface area contributed by atoms with Crippen molar-refractivity contribution < 1.29 is 27.8 Å². The number of sulfonamides is 1. The van der Waals surface area contributed by atoms with Crippen LogP contribution in [0.15, 0.2) is 23.1 Å². The van der Waals surface area contributed by atoms with Crippen LogP contribution in [0.2, 0.25) is 0 Å². The molecule has 0 heterocycles. The van der Waals surface area contributed by atoms with Gasteiger partial charge < -0.3 is 20.3 Å². The molecule has 9 heteroatoms. The SMILES string of the molecule is COC(=O)C(O)CNS(=O)(=O)c1cc(N)ccc1OC. The van der Waals surface area contributed by atoms with Gasteiger partial charge >= 0.3 is 5.97 Å². The number of nitrogens with two attached hydrogens (primary N) is 1. The first-order chi connectivity index (χ1) is 9.31. The van der Waals surface area contributed by atoms with Crippen LogP contribution >= 0.6 is 0 Å². The molecule has 0 aliphatic carbocycles. The van der Waals surface area contributed by atoms with Gasteiger partial charge in [-0.3, -0.25) is 0 Å². The van der Waals surface area contributed by atoms with Gasteiger partial charge in [-0.25, -0.2) is 17.9 Å². The summed E-state index contributed by atoms with van der Waals surface area (Å²) < 4.78 is 35.4. The zero-order chi connectivity index (χ0) is 15.3. The van der Waals surface area contributed by atoms with E-state index in [1.807, 2.05) is 0 Å². The standard InChI is InChI=1S/C11H16N2O6S/c1-18-9-4-3-7(12)5-10(9)20(16,17)13-6-8(14)11(15)19-2/h3-5,8,13-14H,6,12H2,1-2H3. The van der Waals surface area contributed by atoms with Gasteiger partial charge in [0.1, 0.15) is 10.6 Å². The molecule has 8 nitrogen and oxygen atoms in total. The van der Waals surface area contributed by atoms with Crippen LogP contribution in [0, 0.1) is 0 Å². The second-order valence-electron chi connectivity index (χ2n) is 3.80.